The molecule has 0 aromatic heterocycles. The average Bonchev–Trinajstić information content (AvgIpc) is 3.24. The van der Waals surface area contributed by atoms with Gasteiger partial charge in [-0.05, 0) is 44.2 Å². The van der Waals surface area contributed by atoms with Crippen LogP contribution in [0.1, 0.15) is 20.3 Å². The Labute approximate surface area is 161 Å². The van der Waals surface area contributed by atoms with Crippen LogP contribution in [0.4, 0.5) is 11.4 Å². The zero-order chi connectivity index (χ0) is 18.6. The minimum atomic E-state index is -0.0452. The molecule has 2 aliphatic heterocycles. The topological polar surface area (TPSA) is 24.9 Å². The summed E-state index contributed by atoms with van der Waals surface area (Å²) in [6, 6.07) is 16.4. The molecule has 2 heterocycles. The second-order valence-corrected chi connectivity index (χ2v) is 6.64. The fourth-order valence-corrected chi connectivity index (χ4v) is 3.76. The fraction of sp³-hybridized carbons (Fsp3) is 0.304. The lowest BCUT2D eigenvalue weighted by Crippen LogP contribution is -2.33. The Bertz CT molecular complexity index is 846. The highest BCUT2D eigenvalue weighted by Gasteiger charge is 2.28. The zero-order valence-corrected chi connectivity index (χ0v) is 15.9. The van der Waals surface area contributed by atoms with Gasteiger partial charge in [-0.2, -0.15) is 0 Å². The third-order valence-electron chi connectivity index (χ3n) is 5.06. The van der Waals surface area contributed by atoms with Crippen LogP contribution >= 0.6 is 0 Å². The maximum Gasteiger partial charge on any atom is 0.192 e. The van der Waals surface area contributed by atoms with Crippen molar-refractivity contribution < 1.29 is 9.47 Å². The fourth-order valence-electron chi connectivity index (χ4n) is 3.76. The summed E-state index contributed by atoms with van der Waals surface area (Å²) >= 11 is 0. The van der Waals surface area contributed by atoms with E-state index in [0.29, 0.717) is 0 Å². The van der Waals surface area contributed by atoms with Crippen molar-refractivity contribution in [2.45, 2.75) is 32.7 Å². The molecular weight excluding hydrogens is 336 g/mol. The van der Waals surface area contributed by atoms with Crippen LogP contribution < -0.4 is 19.3 Å². The number of rotatable bonds is 6. The van der Waals surface area contributed by atoms with Crippen LogP contribution in [0.15, 0.2) is 72.8 Å². The van der Waals surface area contributed by atoms with Gasteiger partial charge in [-0.3, -0.25) is 0 Å². The van der Waals surface area contributed by atoms with Gasteiger partial charge >= 0.3 is 0 Å². The smallest absolute Gasteiger partial charge is 0.192 e. The number of fused-ring (bicyclic) bond motifs is 2. The molecule has 0 saturated carbocycles. The van der Waals surface area contributed by atoms with Gasteiger partial charge in [0.15, 0.2) is 12.5 Å². The number of hydrogen-bond acceptors (Lipinski definition) is 4. The first-order valence-electron chi connectivity index (χ1n) is 9.69. The Hall–Kier alpha value is -2.88. The van der Waals surface area contributed by atoms with Crippen molar-refractivity contribution in [2.75, 3.05) is 22.9 Å². The molecule has 0 N–H and O–H groups in total. The molecule has 0 aliphatic carbocycles. The molecule has 140 valence electrons. The van der Waals surface area contributed by atoms with Gasteiger partial charge < -0.3 is 19.3 Å². The van der Waals surface area contributed by atoms with Gasteiger partial charge in [0.05, 0.1) is 11.4 Å². The summed E-state index contributed by atoms with van der Waals surface area (Å²) in [6.45, 7) is 6.16. The molecule has 0 radical (unpaired) electrons. The standard InChI is InChI=1S/C23H26N2O2/c1-3-24-18-12-8-10-14-20(18)26-22(24)16-6-5-7-17-23-25(4-2)19-13-9-11-15-21(19)27-23/h5-16,22-23H,3-4,17H2,1-2H3. The minimum Gasteiger partial charge on any atom is -0.468 e. The van der Waals surface area contributed by atoms with Crippen LogP contribution in [0.25, 0.3) is 0 Å². The van der Waals surface area contributed by atoms with E-state index < -0.39 is 0 Å². The van der Waals surface area contributed by atoms with Crippen molar-refractivity contribution >= 4 is 11.4 Å². The maximum absolute atomic E-state index is 6.08. The quantitative estimate of drug-likeness (QED) is 0.677. The Morgan fingerprint density at radius 3 is 2.15 bits per heavy atom. The summed E-state index contributed by atoms with van der Waals surface area (Å²) in [6.07, 6.45) is 9.27. The van der Waals surface area contributed by atoms with Gasteiger partial charge in [0.1, 0.15) is 11.5 Å². The number of benzene rings is 2. The van der Waals surface area contributed by atoms with Crippen LogP contribution in [0.5, 0.6) is 11.5 Å². The summed E-state index contributed by atoms with van der Waals surface area (Å²) in [5.74, 6) is 1.93. The number of allylic oxidation sites excluding steroid dienone is 2. The lowest BCUT2D eigenvalue weighted by atomic mass is 10.2. The van der Waals surface area contributed by atoms with Gasteiger partial charge in [0.25, 0.3) is 0 Å². The van der Waals surface area contributed by atoms with Gasteiger partial charge in [-0.15, -0.1) is 0 Å². The van der Waals surface area contributed by atoms with E-state index >= 15 is 0 Å². The number of hydrogen-bond donors (Lipinski definition) is 0. The Kier molecular flexibility index (Phi) is 5.05. The average molecular weight is 362 g/mol. The molecule has 0 amide bonds. The third kappa shape index (κ3) is 3.39. The molecule has 0 fully saturated rings. The van der Waals surface area contributed by atoms with E-state index in [1.807, 2.05) is 24.3 Å². The van der Waals surface area contributed by atoms with Crippen LogP contribution in [0, 0.1) is 0 Å². The molecule has 2 unspecified atom stereocenters. The lowest BCUT2D eigenvalue weighted by Gasteiger charge is -2.22. The summed E-state index contributed by atoms with van der Waals surface area (Å²) in [7, 11) is 0. The number of likely N-dealkylation sites (N-methyl/N-ethyl adjacent to an activating group) is 1. The van der Waals surface area contributed by atoms with Crippen LogP contribution in [-0.2, 0) is 0 Å². The van der Waals surface area contributed by atoms with E-state index in [-0.39, 0.29) is 12.5 Å². The monoisotopic (exact) mass is 362 g/mol. The van der Waals surface area contributed by atoms with E-state index in [4.69, 9.17) is 9.47 Å². The molecule has 2 aliphatic rings. The largest absolute Gasteiger partial charge is 0.468 e. The van der Waals surface area contributed by atoms with Gasteiger partial charge in [-0.1, -0.05) is 42.5 Å². The van der Waals surface area contributed by atoms with E-state index in [0.717, 1.165) is 36.7 Å². The molecule has 27 heavy (non-hydrogen) atoms. The second kappa shape index (κ2) is 7.78. The highest BCUT2D eigenvalue weighted by molar-refractivity contribution is 5.63. The number of ether oxygens (including phenoxy) is 2. The molecular formula is C23H26N2O2. The first-order valence-corrected chi connectivity index (χ1v) is 9.69. The van der Waals surface area contributed by atoms with Crippen LogP contribution in [0.2, 0.25) is 0 Å². The van der Waals surface area contributed by atoms with Gasteiger partial charge in [-0.25, -0.2) is 0 Å². The minimum absolute atomic E-state index is 0.0452. The van der Waals surface area contributed by atoms with Crippen molar-refractivity contribution in [1.82, 2.24) is 0 Å². The summed E-state index contributed by atoms with van der Waals surface area (Å²) in [4.78, 5) is 4.56. The molecule has 4 heteroatoms. The molecule has 2 aromatic carbocycles. The highest BCUT2D eigenvalue weighted by atomic mass is 16.5. The predicted octanol–water partition coefficient (Wildman–Crippen LogP) is 4.98. The highest BCUT2D eigenvalue weighted by Crippen LogP contribution is 2.38. The molecule has 0 saturated heterocycles. The molecule has 0 bridgehead atoms. The van der Waals surface area contributed by atoms with E-state index in [9.17, 15) is 0 Å². The number of nitrogens with zero attached hydrogens (tertiary/aromatic N) is 2. The van der Waals surface area contributed by atoms with Gasteiger partial charge in [0.2, 0.25) is 0 Å². The first-order chi connectivity index (χ1) is 13.3. The Morgan fingerprint density at radius 1 is 0.815 bits per heavy atom. The SMILES string of the molecule is CCN1c2ccccc2OC1C=CC=CCC1Oc2ccccc2N1CC. The van der Waals surface area contributed by atoms with Crippen LogP contribution in [0.3, 0.4) is 0 Å². The third-order valence-corrected chi connectivity index (χ3v) is 5.06. The van der Waals surface area contributed by atoms with Crippen molar-refractivity contribution in [3.8, 4) is 11.5 Å². The van der Waals surface area contributed by atoms with Crippen molar-refractivity contribution in [3.05, 3.63) is 72.8 Å². The maximum atomic E-state index is 6.08. The molecule has 4 nitrogen and oxygen atoms in total. The van der Waals surface area contributed by atoms with Crippen molar-refractivity contribution in [1.29, 1.82) is 0 Å². The zero-order valence-electron chi connectivity index (χ0n) is 15.9. The van der Waals surface area contributed by atoms with Crippen molar-refractivity contribution in [2.24, 2.45) is 0 Å². The second-order valence-electron chi connectivity index (χ2n) is 6.64. The molecule has 2 aromatic rings. The van der Waals surface area contributed by atoms with E-state index in [2.05, 4.69) is 72.2 Å². The number of para-hydroxylation sites is 4. The Balaban J connectivity index is 1.35. The lowest BCUT2D eigenvalue weighted by molar-refractivity contribution is 0.228. The normalized spacial score (nSPS) is 20.8. The van der Waals surface area contributed by atoms with E-state index in [1.165, 1.54) is 5.69 Å². The summed E-state index contributed by atoms with van der Waals surface area (Å²) in [5, 5.41) is 0. The molecule has 2 atom stereocenters. The predicted molar refractivity (Wildman–Crippen MR) is 111 cm³/mol. The van der Waals surface area contributed by atoms with Crippen molar-refractivity contribution in [3.63, 3.8) is 0 Å². The number of anilines is 2. The molecule has 4 rings (SSSR count). The van der Waals surface area contributed by atoms with Crippen LogP contribution in [-0.4, -0.2) is 25.5 Å². The summed E-state index contributed by atoms with van der Waals surface area (Å²) in [5.41, 5.74) is 2.35. The Morgan fingerprint density at radius 2 is 1.44 bits per heavy atom. The van der Waals surface area contributed by atoms with E-state index in [1.54, 1.807) is 0 Å². The molecule has 0 spiro atoms. The summed E-state index contributed by atoms with van der Waals surface area (Å²) < 4.78 is 12.1. The van der Waals surface area contributed by atoms with Gasteiger partial charge in [0, 0.05) is 19.5 Å². The first kappa shape index (κ1) is 17.5.